The first kappa shape index (κ1) is 15.2. The molecule has 0 aromatic heterocycles. The first-order valence-electron chi connectivity index (χ1n) is 6.84. The number of aryl methyl sites for hydroxylation is 1. The van der Waals surface area contributed by atoms with Crippen LogP contribution in [0.2, 0.25) is 0 Å². The molecule has 1 aliphatic rings. The topological polar surface area (TPSA) is 54.0 Å². The van der Waals surface area contributed by atoms with Crippen molar-refractivity contribution >= 4 is 5.97 Å². The van der Waals surface area contributed by atoms with Crippen LogP contribution in [0.5, 0.6) is 17.2 Å². The summed E-state index contributed by atoms with van der Waals surface area (Å²) in [6.45, 7) is 0. The van der Waals surface area contributed by atoms with E-state index in [2.05, 4.69) is 0 Å². The number of hydrogen-bond donors (Lipinski definition) is 0. The summed E-state index contributed by atoms with van der Waals surface area (Å²) in [5.41, 5.74) is 1.05. The maximum Gasteiger partial charge on any atom is 0.330 e. The Balaban J connectivity index is 2.09. The van der Waals surface area contributed by atoms with Crippen molar-refractivity contribution in [2.24, 2.45) is 0 Å². The van der Waals surface area contributed by atoms with Gasteiger partial charge in [0.2, 0.25) is 5.75 Å². The molecule has 0 spiro atoms. The highest BCUT2D eigenvalue weighted by molar-refractivity contribution is 5.82. The van der Waals surface area contributed by atoms with Gasteiger partial charge in [0.25, 0.3) is 0 Å². The fourth-order valence-electron chi connectivity index (χ4n) is 2.35. The monoisotopic (exact) mass is 292 g/mol. The molecule has 0 unspecified atom stereocenters. The van der Waals surface area contributed by atoms with Gasteiger partial charge in [-0.1, -0.05) is 6.08 Å². The lowest BCUT2D eigenvalue weighted by Gasteiger charge is -2.19. The molecule has 21 heavy (non-hydrogen) atoms. The molecular formula is C16H20O5. The third-order valence-corrected chi connectivity index (χ3v) is 3.42. The zero-order chi connectivity index (χ0) is 15.2. The van der Waals surface area contributed by atoms with E-state index in [1.54, 1.807) is 21.3 Å². The van der Waals surface area contributed by atoms with Crippen LogP contribution in [0.1, 0.15) is 18.4 Å². The maximum absolute atomic E-state index is 11.2. The second-order valence-electron chi connectivity index (χ2n) is 4.77. The average molecular weight is 292 g/mol. The van der Waals surface area contributed by atoms with Gasteiger partial charge in [0.05, 0.1) is 21.3 Å². The van der Waals surface area contributed by atoms with Crippen molar-refractivity contribution in [3.63, 3.8) is 0 Å². The molecule has 1 aromatic rings. The molecule has 1 aromatic carbocycles. The van der Waals surface area contributed by atoms with Crippen LogP contribution in [0.4, 0.5) is 0 Å². The predicted octanol–water partition coefficient (Wildman–Crippen LogP) is 2.52. The van der Waals surface area contributed by atoms with Crippen LogP contribution in [0.15, 0.2) is 24.3 Å². The third-order valence-electron chi connectivity index (χ3n) is 3.42. The largest absolute Gasteiger partial charge is 0.493 e. The van der Waals surface area contributed by atoms with Gasteiger partial charge in [-0.25, -0.2) is 4.79 Å². The Morgan fingerprint density at radius 1 is 1.14 bits per heavy atom. The molecule has 0 saturated carbocycles. The minimum Gasteiger partial charge on any atom is -0.493 e. The van der Waals surface area contributed by atoms with Gasteiger partial charge in [-0.05, 0) is 30.5 Å². The Hall–Kier alpha value is -2.17. The van der Waals surface area contributed by atoms with Crippen molar-refractivity contribution in [2.45, 2.75) is 25.4 Å². The van der Waals surface area contributed by atoms with Crippen LogP contribution in [-0.2, 0) is 16.0 Å². The Morgan fingerprint density at radius 2 is 1.81 bits per heavy atom. The van der Waals surface area contributed by atoms with Gasteiger partial charge >= 0.3 is 5.97 Å². The lowest BCUT2D eigenvalue weighted by molar-refractivity contribution is -0.144. The van der Waals surface area contributed by atoms with E-state index < -0.39 is 0 Å². The number of benzene rings is 1. The number of rotatable bonds is 6. The standard InChI is InChI=1S/C16H20O5/c1-18-13-9-11(10-14(19-2)16(13)20-3)7-8-12-5-4-6-15(17)21-12/h4,6,9-10,12H,5,7-8H2,1-3H3/t12-/m1/s1. The molecule has 0 fully saturated rings. The molecule has 0 saturated heterocycles. The van der Waals surface area contributed by atoms with Crippen molar-refractivity contribution < 1.29 is 23.7 Å². The van der Waals surface area contributed by atoms with Crippen LogP contribution in [0.3, 0.4) is 0 Å². The number of esters is 1. The summed E-state index contributed by atoms with van der Waals surface area (Å²) in [5.74, 6) is 1.58. The number of carbonyl (C=O) groups excluding carboxylic acids is 1. The molecule has 2 rings (SSSR count). The molecule has 0 aliphatic carbocycles. The van der Waals surface area contributed by atoms with Gasteiger partial charge in [0.15, 0.2) is 11.5 Å². The molecule has 0 bridgehead atoms. The van der Waals surface area contributed by atoms with Gasteiger partial charge in [0, 0.05) is 12.5 Å². The smallest absolute Gasteiger partial charge is 0.330 e. The van der Waals surface area contributed by atoms with E-state index in [9.17, 15) is 4.79 Å². The van der Waals surface area contributed by atoms with Gasteiger partial charge in [-0.2, -0.15) is 0 Å². The summed E-state index contributed by atoms with van der Waals surface area (Å²) in [5, 5.41) is 0. The number of hydrogen-bond acceptors (Lipinski definition) is 5. The first-order valence-corrected chi connectivity index (χ1v) is 6.84. The van der Waals surface area contributed by atoms with Gasteiger partial charge in [0.1, 0.15) is 6.10 Å². The van der Waals surface area contributed by atoms with E-state index >= 15 is 0 Å². The van der Waals surface area contributed by atoms with Crippen LogP contribution >= 0.6 is 0 Å². The summed E-state index contributed by atoms with van der Waals surface area (Å²) in [6, 6.07) is 3.84. The Morgan fingerprint density at radius 3 is 2.33 bits per heavy atom. The van der Waals surface area contributed by atoms with E-state index in [1.165, 1.54) is 6.08 Å². The minimum absolute atomic E-state index is 0.0680. The first-order chi connectivity index (χ1) is 10.2. The van der Waals surface area contributed by atoms with Crippen LogP contribution in [-0.4, -0.2) is 33.4 Å². The highest BCUT2D eigenvalue weighted by Crippen LogP contribution is 2.38. The van der Waals surface area contributed by atoms with Crippen LogP contribution in [0, 0.1) is 0 Å². The second kappa shape index (κ2) is 7.02. The summed E-state index contributed by atoms with van der Waals surface area (Å²) in [4.78, 5) is 11.2. The van der Waals surface area contributed by atoms with E-state index in [-0.39, 0.29) is 12.1 Å². The van der Waals surface area contributed by atoms with Crippen molar-refractivity contribution in [3.8, 4) is 17.2 Å². The molecule has 5 heteroatoms. The Labute approximate surface area is 124 Å². The fraction of sp³-hybridized carbons (Fsp3) is 0.438. The zero-order valence-electron chi connectivity index (χ0n) is 12.5. The van der Waals surface area contributed by atoms with Gasteiger partial charge in [-0.3, -0.25) is 0 Å². The SMILES string of the molecule is COc1cc(CC[C@H]2CC=CC(=O)O2)cc(OC)c1OC. The average Bonchev–Trinajstić information content (AvgIpc) is 2.51. The highest BCUT2D eigenvalue weighted by Gasteiger charge is 2.17. The van der Waals surface area contributed by atoms with E-state index in [0.29, 0.717) is 17.2 Å². The zero-order valence-corrected chi connectivity index (χ0v) is 12.5. The summed E-state index contributed by atoms with van der Waals surface area (Å²) < 4.78 is 21.2. The molecule has 0 radical (unpaired) electrons. The molecule has 0 N–H and O–H groups in total. The Kier molecular flexibility index (Phi) is 5.09. The van der Waals surface area contributed by atoms with Crippen molar-refractivity contribution in [3.05, 3.63) is 29.8 Å². The predicted molar refractivity (Wildman–Crippen MR) is 78.1 cm³/mol. The summed E-state index contributed by atoms with van der Waals surface area (Å²) in [6.07, 6.45) is 5.54. The number of cyclic esters (lactones) is 1. The molecule has 0 amide bonds. The third kappa shape index (κ3) is 3.68. The lowest BCUT2D eigenvalue weighted by atomic mass is 10.0. The van der Waals surface area contributed by atoms with Crippen molar-refractivity contribution in [2.75, 3.05) is 21.3 Å². The van der Waals surface area contributed by atoms with Gasteiger partial charge in [-0.15, -0.1) is 0 Å². The van der Waals surface area contributed by atoms with Crippen molar-refractivity contribution in [1.82, 2.24) is 0 Å². The van der Waals surface area contributed by atoms with E-state index in [1.807, 2.05) is 18.2 Å². The quantitative estimate of drug-likeness (QED) is 0.754. The highest BCUT2D eigenvalue weighted by atomic mass is 16.5. The minimum atomic E-state index is -0.267. The normalized spacial score (nSPS) is 17.3. The fourth-order valence-corrected chi connectivity index (χ4v) is 2.35. The number of methoxy groups -OCH3 is 3. The summed E-state index contributed by atoms with van der Waals surface area (Å²) in [7, 11) is 4.76. The molecule has 1 atom stereocenters. The lowest BCUT2D eigenvalue weighted by Crippen LogP contribution is -2.20. The Bertz CT molecular complexity index is 510. The number of carbonyl (C=O) groups is 1. The van der Waals surface area contributed by atoms with Crippen molar-refractivity contribution in [1.29, 1.82) is 0 Å². The van der Waals surface area contributed by atoms with E-state index in [4.69, 9.17) is 18.9 Å². The molecule has 114 valence electrons. The maximum atomic E-state index is 11.2. The van der Waals surface area contributed by atoms with Crippen LogP contribution < -0.4 is 14.2 Å². The summed E-state index contributed by atoms with van der Waals surface area (Å²) >= 11 is 0. The molecular weight excluding hydrogens is 272 g/mol. The second-order valence-corrected chi connectivity index (χ2v) is 4.77. The molecule has 1 heterocycles. The van der Waals surface area contributed by atoms with E-state index in [0.717, 1.165) is 24.8 Å². The molecule has 5 nitrogen and oxygen atoms in total. The van der Waals surface area contributed by atoms with Crippen LogP contribution in [0.25, 0.3) is 0 Å². The van der Waals surface area contributed by atoms with Gasteiger partial charge < -0.3 is 18.9 Å². The molecule has 1 aliphatic heterocycles. The number of ether oxygens (including phenoxy) is 4.